The summed E-state index contributed by atoms with van der Waals surface area (Å²) in [6, 6.07) is 8.04. The van der Waals surface area contributed by atoms with Crippen LogP contribution in [0.3, 0.4) is 0 Å². The largest absolute Gasteiger partial charge is 0.352 e. The highest BCUT2D eigenvalue weighted by Gasteiger charge is 2.29. The molecule has 0 bridgehead atoms. The van der Waals surface area contributed by atoms with Gasteiger partial charge in [0.25, 0.3) is 0 Å². The lowest BCUT2D eigenvalue weighted by molar-refractivity contribution is -0.138. The number of benzene rings is 1. The van der Waals surface area contributed by atoms with Gasteiger partial charge in [0.1, 0.15) is 12.4 Å². The van der Waals surface area contributed by atoms with Crippen LogP contribution in [0, 0.1) is 0 Å². The highest BCUT2D eigenvalue weighted by Crippen LogP contribution is 2.23. The molecule has 1 aliphatic heterocycles. The van der Waals surface area contributed by atoms with Gasteiger partial charge in [-0.25, -0.2) is 18.9 Å². The fourth-order valence-corrected chi connectivity index (χ4v) is 4.23. The van der Waals surface area contributed by atoms with Crippen LogP contribution in [0.2, 0.25) is 0 Å². The molecule has 1 saturated heterocycles. The van der Waals surface area contributed by atoms with Gasteiger partial charge in [-0.05, 0) is 45.2 Å². The first-order chi connectivity index (χ1) is 13.0. The number of fused-ring (bicyclic) bond motifs is 3. The van der Waals surface area contributed by atoms with E-state index in [9.17, 15) is 9.59 Å². The fourth-order valence-electron chi connectivity index (χ4n) is 4.23. The van der Waals surface area contributed by atoms with Crippen molar-refractivity contribution in [2.75, 3.05) is 0 Å². The van der Waals surface area contributed by atoms with Gasteiger partial charge in [0.05, 0.1) is 5.52 Å². The van der Waals surface area contributed by atoms with Gasteiger partial charge in [-0.15, -0.1) is 5.10 Å². The number of carbonyl (C=O) groups is 1. The quantitative estimate of drug-likeness (QED) is 0.713. The lowest BCUT2D eigenvalue weighted by Gasteiger charge is -2.39. The zero-order valence-corrected chi connectivity index (χ0v) is 16.1. The first-order valence-electron chi connectivity index (χ1n) is 9.69. The van der Waals surface area contributed by atoms with Crippen LogP contribution in [-0.2, 0) is 17.8 Å². The molecule has 0 saturated carbocycles. The van der Waals surface area contributed by atoms with Gasteiger partial charge in [0.15, 0.2) is 5.65 Å². The van der Waals surface area contributed by atoms with E-state index in [4.69, 9.17) is 0 Å². The van der Waals surface area contributed by atoms with E-state index in [2.05, 4.69) is 23.9 Å². The number of hydrogen-bond donors (Lipinski definition) is 0. The Morgan fingerprint density at radius 3 is 2.59 bits per heavy atom. The second kappa shape index (κ2) is 6.79. The number of aromatic nitrogens is 4. The number of aryl methyl sites for hydroxylation is 1. The molecule has 0 spiro atoms. The van der Waals surface area contributed by atoms with Gasteiger partial charge in [-0.2, -0.15) is 0 Å². The molecule has 1 fully saturated rings. The molecule has 2 atom stereocenters. The third-order valence-electron chi connectivity index (χ3n) is 5.57. The summed E-state index contributed by atoms with van der Waals surface area (Å²) in [5, 5.41) is 5.33. The van der Waals surface area contributed by atoms with Crippen molar-refractivity contribution in [2.45, 2.75) is 65.1 Å². The van der Waals surface area contributed by atoms with Gasteiger partial charge in [0, 0.05) is 23.9 Å². The lowest BCUT2D eigenvalue weighted by atomic mass is 9.97. The Labute approximate surface area is 157 Å². The Kier molecular flexibility index (Phi) is 4.45. The van der Waals surface area contributed by atoms with Crippen LogP contribution in [0.5, 0.6) is 0 Å². The molecule has 142 valence electrons. The standard InChI is InChI=1S/C20H25N5O2/c1-4-17-21-16-11-6-5-10-15(16)19-22-23(20(27)25(17)19)12-18(26)24-13(2)8-7-9-14(24)3/h5-6,10-11,13-14H,4,7-9,12H2,1-3H3/t13-,14+. The van der Waals surface area contributed by atoms with Crippen molar-refractivity contribution in [3.05, 3.63) is 40.6 Å². The SMILES string of the molecule is CCc1nc2ccccc2c2nn(CC(=O)N3[C@H](C)CCC[C@@H]3C)c(=O)n12. The smallest absolute Gasteiger partial charge is 0.336 e. The number of likely N-dealkylation sites (tertiary alicyclic amines) is 1. The number of amides is 1. The lowest BCUT2D eigenvalue weighted by Crippen LogP contribution is -2.49. The van der Waals surface area contributed by atoms with E-state index in [1.54, 1.807) is 4.40 Å². The highest BCUT2D eigenvalue weighted by atomic mass is 16.2. The van der Waals surface area contributed by atoms with Crippen LogP contribution in [0.4, 0.5) is 0 Å². The van der Waals surface area contributed by atoms with Crippen molar-refractivity contribution in [3.63, 3.8) is 0 Å². The monoisotopic (exact) mass is 367 g/mol. The van der Waals surface area contributed by atoms with E-state index in [0.717, 1.165) is 30.2 Å². The fraction of sp³-hybridized carbons (Fsp3) is 0.500. The maximum Gasteiger partial charge on any atom is 0.352 e. The Bertz CT molecular complexity index is 1060. The number of piperidine rings is 1. The van der Waals surface area contributed by atoms with Crippen LogP contribution >= 0.6 is 0 Å². The second-order valence-corrected chi connectivity index (χ2v) is 7.43. The van der Waals surface area contributed by atoms with Crippen molar-refractivity contribution in [2.24, 2.45) is 0 Å². The third kappa shape index (κ3) is 2.91. The van der Waals surface area contributed by atoms with Gasteiger partial charge < -0.3 is 4.90 Å². The van der Waals surface area contributed by atoms with Crippen LogP contribution < -0.4 is 5.69 Å². The number of nitrogens with zero attached hydrogens (tertiary/aromatic N) is 5. The summed E-state index contributed by atoms with van der Waals surface area (Å²) >= 11 is 0. The zero-order valence-electron chi connectivity index (χ0n) is 16.1. The molecule has 0 N–H and O–H groups in total. The zero-order chi connectivity index (χ0) is 19.1. The number of rotatable bonds is 3. The first-order valence-corrected chi connectivity index (χ1v) is 9.69. The molecule has 2 aromatic heterocycles. The minimum Gasteiger partial charge on any atom is -0.336 e. The molecule has 0 unspecified atom stereocenters. The summed E-state index contributed by atoms with van der Waals surface area (Å²) < 4.78 is 2.83. The number of hydrogen-bond acceptors (Lipinski definition) is 4. The first kappa shape index (κ1) is 17.7. The molecule has 7 nitrogen and oxygen atoms in total. The van der Waals surface area contributed by atoms with Crippen molar-refractivity contribution in [1.82, 2.24) is 24.1 Å². The predicted octanol–water partition coefficient (Wildman–Crippen LogP) is 2.40. The van der Waals surface area contributed by atoms with E-state index >= 15 is 0 Å². The topological polar surface area (TPSA) is 72.5 Å². The molecular weight excluding hydrogens is 342 g/mol. The predicted molar refractivity (Wildman–Crippen MR) is 104 cm³/mol. The maximum atomic E-state index is 13.0. The highest BCUT2D eigenvalue weighted by molar-refractivity contribution is 5.91. The summed E-state index contributed by atoms with van der Waals surface area (Å²) in [5.74, 6) is 0.614. The van der Waals surface area contributed by atoms with E-state index in [0.29, 0.717) is 17.9 Å². The molecule has 27 heavy (non-hydrogen) atoms. The maximum absolute atomic E-state index is 13.0. The van der Waals surface area contributed by atoms with Crippen molar-refractivity contribution >= 4 is 22.5 Å². The van der Waals surface area contributed by atoms with E-state index < -0.39 is 0 Å². The molecule has 3 heterocycles. The number of carbonyl (C=O) groups excluding carboxylic acids is 1. The van der Waals surface area contributed by atoms with Crippen LogP contribution in [-0.4, -0.2) is 42.1 Å². The van der Waals surface area contributed by atoms with Crippen LogP contribution in [0.15, 0.2) is 29.1 Å². The third-order valence-corrected chi connectivity index (χ3v) is 5.57. The second-order valence-electron chi connectivity index (χ2n) is 7.43. The Hall–Kier alpha value is -2.70. The van der Waals surface area contributed by atoms with Gasteiger partial charge in [0.2, 0.25) is 5.91 Å². The van der Waals surface area contributed by atoms with Crippen molar-refractivity contribution in [1.29, 1.82) is 0 Å². The Balaban J connectivity index is 1.79. The van der Waals surface area contributed by atoms with Gasteiger partial charge in [-0.1, -0.05) is 19.1 Å². The molecule has 7 heteroatoms. The summed E-state index contributed by atoms with van der Waals surface area (Å²) in [7, 11) is 0. The summed E-state index contributed by atoms with van der Waals surface area (Å²) in [4.78, 5) is 32.4. The Morgan fingerprint density at radius 2 is 1.89 bits per heavy atom. The van der Waals surface area contributed by atoms with Crippen LogP contribution in [0.25, 0.3) is 16.6 Å². The minimum atomic E-state index is -0.300. The van der Waals surface area contributed by atoms with Gasteiger partial charge in [-0.3, -0.25) is 4.79 Å². The normalized spacial score (nSPS) is 20.5. The molecule has 3 aromatic rings. The van der Waals surface area contributed by atoms with E-state index in [-0.39, 0.29) is 30.2 Å². The molecule has 4 rings (SSSR count). The molecule has 0 aliphatic carbocycles. The summed E-state index contributed by atoms with van der Waals surface area (Å²) in [6.45, 7) is 6.08. The molecule has 1 aliphatic rings. The van der Waals surface area contributed by atoms with Gasteiger partial charge >= 0.3 is 5.69 Å². The summed E-state index contributed by atoms with van der Waals surface area (Å²) in [5.41, 5.74) is 1.07. The van der Waals surface area contributed by atoms with Crippen LogP contribution in [0.1, 0.15) is 45.9 Å². The van der Waals surface area contributed by atoms with Crippen molar-refractivity contribution in [3.8, 4) is 0 Å². The minimum absolute atomic E-state index is 0.0350. The number of para-hydroxylation sites is 1. The Morgan fingerprint density at radius 1 is 1.19 bits per heavy atom. The summed E-state index contributed by atoms with van der Waals surface area (Å²) in [6.07, 6.45) is 3.76. The average Bonchev–Trinajstić information content (AvgIpc) is 2.98. The molecule has 1 amide bonds. The van der Waals surface area contributed by atoms with E-state index in [1.807, 2.05) is 36.1 Å². The van der Waals surface area contributed by atoms with E-state index in [1.165, 1.54) is 4.68 Å². The molecular formula is C20H25N5O2. The molecule has 1 aromatic carbocycles. The average molecular weight is 367 g/mol. The van der Waals surface area contributed by atoms with Crippen molar-refractivity contribution < 1.29 is 4.79 Å². The molecule has 0 radical (unpaired) electrons.